The number of fused-ring (bicyclic) bond motifs is 1. The summed E-state index contributed by atoms with van der Waals surface area (Å²) in [5.74, 6) is 1.58. The third kappa shape index (κ3) is 4.29. The van der Waals surface area contributed by atoms with Gasteiger partial charge in [-0.25, -0.2) is 9.97 Å². The highest BCUT2D eigenvalue weighted by Gasteiger charge is 2.15. The minimum absolute atomic E-state index is 0.0600. The number of carbonyl (C=O) groups is 1. The lowest BCUT2D eigenvalue weighted by molar-refractivity contribution is 0.102. The van der Waals surface area contributed by atoms with Gasteiger partial charge in [0.15, 0.2) is 11.5 Å². The fraction of sp³-hybridized carbons (Fsp3) is 0.227. The van der Waals surface area contributed by atoms with Crippen LogP contribution >= 0.6 is 0 Å². The van der Waals surface area contributed by atoms with E-state index in [0.29, 0.717) is 23.0 Å². The van der Waals surface area contributed by atoms with E-state index in [2.05, 4.69) is 41.4 Å². The van der Waals surface area contributed by atoms with Crippen molar-refractivity contribution in [1.82, 2.24) is 9.97 Å². The number of hydrogen-bond donors (Lipinski definition) is 2. The minimum atomic E-state index is -0.301. The van der Waals surface area contributed by atoms with Crippen LogP contribution < -0.4 is 20.1 Å². The van der Waals surface area contributed by atoms with Crippen LogP contribution in [0, 0.1) is 0 Å². The summed E-state index contributed by atoms with van der Waals surface area (Å²) in [5, 5.41) is 6.02. The molecule has 0 spiro atoms. The van der Waals surface area contributed by atoms with Gasteiger partial charge in [0.2, 0.25) is 6.79 Å². The van der Waals surface area contributed by atoms with Gasteiger partial charge in [-0.3, -0.25) is 4.79 Å². The molecule has 4 rings (SSSR count). The van der Waals surface area contributed by atoms with Crippen LogP contribution in [0.4, 0.5) is 17.2 Å². The first-order valence-corrected chi connectivity index (χ1v) is 9.29. The molecular weight excluding hydrogens is 368 g/mol. The van der Waals surface area contributed by atoms with Gasteiger partial charge in [0, 0.05) is 23.5 Å². The van der Waals surface area contributed by atoms with Gasteiger partial charge in [0.25, 0.3) is 5.91 Å². The molecule has 2 aromatic carbocycles. The Hall–Kier alpha value is -3.61. The third-order valence-corrected chi connectivity index (χ3v) is 4.55. The highest BCUT2D eigenvalue weighted by atomic mass is 16.7. The van der Waals surface area contributed by atoms with Gasteiger partial charge < -0.3 is 20.1 Å². The zero-order chi connectivity index (χ0) is 20.4. The molecule has 0 unspecified atom stereocenters. The summed E-state index contributed by atoms with van der Waals surface area (Å²) in [6, 6.07) is 14.9. The summed E-state index contributed by atoms with van der Waals surface area (Å²) in [4.78, 5) is 20.9. The van der Waals surface area contributed by atoms with E-state index < -0.39 is 0 Å². The lowest BCUT2D eigenvalue weighted by Gasteiger charge is -2.19. The Balaban J connectivity index is 1.46. The number of amides is 1. The van der Waals surface area contributed by atoms with Gasteiger partial charge in [-0.2, -0.15) is 0 Å². The van der Waals surface area contributed by atoms with Crippen LogP contribution in [0.3, 0.4) is 0 Å². The second-order valence-electron chi connectivity index (χ2n) is 7.76. The van der Waals surface area contributed by atoms with Crippen molar-refractivity contribution in [2.75, 3.05) is 17.4 Å². The average Bonchev–Trinajstić information content (AvgIpc) is 3.16. The molecule has 2 heterocycles. The van der Waals surface area contributed by atoms with Crippen LogP contribution in [0.1, 0.15) is 36.8 Å². The van der Waals surface area contributed by atoms with Crippen molar-refractivity contribution >= 4 is 23.1 Å². The number of carbonyl (C=O) groups excluding carboxylic acids is 1. The molecule has 1 amide bonds. The summed E-state index contributed by atoms with van der Waals surface area (Å²) in [6.45, 7) is 6.66. The highest BCUT2D eigenvalue weighted by molar-refractivity contribution is 6.03. The quantitative estimate of drug-likeness (QED) is 0.682. The van der Waals surface area contributed by atoms with Crippen molar-refractivity contribution < 1.29 is 14.3 Å². The number of aromatic nitrogens is 2. The Morgan fingerprint density at radius 3 is 2.41 bits per heavy atom. The molecule has 0 atom stereocenters. The molecule has 0 bridgehead atoms. The Labute approximate surface area is 169 Å². The maximum atomic E-state index is 12.6. The van der Waals surface area contributed by atoms with E-state index in [0.717, 1.165) is 5.69 Å². The predicted molar refractivity (Wildman–Crippen MR) is 111 cm³/mol. The monoisotopic (exact) mass is 390 g/mol. The largest absolute Gasteiger partial charge is 0.454 e. The van der Waals surface area contributed by atoms with E-state index in [1.807, 2.05) is 42.5 Å². The number of rotatable bonds is 4. The second kappa shape index (κ2) is 7.43. The molecule has 0 saturated heterocycles. The number of hydrogen-bond acceptors (Lipinski definition) is 6. The molecule has 7 heteroatoms. The fourth-order valence-corrected chi connectivity index (χ4v) is 2.92. The molecular formula is C22H22N4O3. The molecule has 7 nitrogen and oxygen atoms in total. The lowest BCUT2D eigenvalue weighted by atomic mass is 9.87. The Bertz CT molecular complexity index is 1040. The highest BCUT2D eigenvalue weighted by Crippen LogP contribution is 2.34. The molecule has 0 aliphatic carbocycles. The van der Waals surface area contributed by atoms with Gasteiger partial charge in [-0.15, -0.1) is 0 Å². The zero-order valence-corrected chi connectivity index (χ0v) is 16.5. The van der Waals surface area contributed by atoms with Crippen LogP contribution in [-0.2, 0) is 5.41 Å². The van der Waals surface area contributed by atoms with Crippen molar-refractivity contribution in [3.8, 4) is 11.5 Å². The number of nitrogens with zero attached hydrogens (tertiary/aromatic N) is 2. The Morgan fingerprint density at radius 2 is 1.66 bits per heavy atom. The van der Waals surface area contributed by atoms with Crippen molar-refractivity contribution in [1.29, 1.82) is 0 Å². The minimum Gasteiger partial charge on any atom is -0.454 e. The Morgan fingerprint density at radius 1 is 0.931 bits per heavy atom. The molecule has 0 radical (unpaired) electrons. The van der Waals surface area contributed by atoms with E-state index in [9.17, 15) is 4.79 Å². The average molecular weight is 390 g/mol. The van der Waals surface area contributed by atoms with Gasteiger partial charge in [-0.1, -0.05) is 32.9 Å². The zero-order valence-electron chi connectivity index (χ0n) is 16.5. The van der Waals surface area contributed by atoms with Crippen LogP contribution in [0.2, 0.25) is 0 Å². The summed E-state index contributed by atoms with van der Waals surface area (Å²) >= 11 is 0. The van der Waals surface area contributed by atoms with Gasteiger partial charge in [0.05, 0.1) is 0 Å². The topological polar surface area (TPSA) is 85.4 Å². The third-order valence-electron chi connectivity index (χ3n) is 4.55. The first-order valence-electron chi connectivity index (χ1n) is 9.29. The lowest BCUT2D eigenvalue weighted by Crippen LogP contribution is -2.15. The number of nitrogens with one attached hydrogen (secondary N) is 2. The van der Waals surface area contributed by atoms with E-state index in [-0.39, 0.29) is 23.8 Å². The summed E-state index contributed by atoms with van der Waals surface area (Å²) in [6.07, 6.45) is 1.35. The molecule has 29 heavy (non-hydrogen) atoms. The van der Waals surface area contributed by atoms with Crippen molar-refractivity contribution in [3.63, 3.8) is 0 Å². The molecule has 0 fully saturated rings. The number of ether oxygens (including phenoxy) is 2. The maximum Gasteiger partial charge on any atom is 0.274 e. The van der Waals surface area contributed by atoms with Crippen molar-refractivity contribution in [2.24, 2.45) is 0 Å². The van der Waals surface area contributed by atoms with E-state index in [1.165, 1.54) is 11.9 Å². The van der Waals surface area contributed by atoms with Crippen LogP contribution in [-0.4, -0.2) is 22.7 Å². The standard InChI is InChI=1S/C22H22N4O3/c1-22(2,3)14-4-6-15(7-5-14)26-21(27)17-11-20(24-12-23-17)25-16-8-9-18-19(10-16)29-13-28-18/h4-12H,13H2,1-3H3,(H,26,27)(H,23,24,25). The van der Waals surface area contributed by atoms with Gasteiger partial charge in [0.1, 0.15) is 17.8 Å². The van der Waals surface area contributed by atoms with Crippen LogP contribution in [0.5, 0.6) is 11.5 Å². The summed E-state index contributed by atoms with van der Waals surface area (Å²) in [5.41, 5.74) is 3.02. The first kappa shape index (κ1) is 18.7. The smallest absolute Gasteiger partial charge is 0.274 e. The summed E-state index contributed by atoms with van der Waals surface area (Å²) < 4.78 is 10.7. The molecule has 3 aromatic rings. The molecule has 0 saturated carbocycles. The summed E-state index contributed by atoms with van der Waals surface area (Å²) in [7, 11) is 0. The molecule has 148 valence electrons. The molecule has 2 N–H and O–H groups in total. The normalized spacial score (nSPS) is 12.5. The molecule has 1 aromatic heterocycles. The fourth-order valence-electron chi connectivity index (χ4n) is 2.92. The molecule has 1 aliphatic heterocycles. The second-order valence-corrected chi connectivity index (χ2v) is 7.76. The molecule has 1 aliphatic rings. The van der Waals surface area contributed by atoms with E-state index in [4.69, 9.17) is 9.47 Å². The van der Waals surface area contributed by atoms with E-state index >= 15 is 0 Å². The number of anilines is 3. The van der Waals surface area contributed by atoms with Gasteiger partial charge >= 0.3 is 0 Å². The maximum absolute atomic E-state index is 12.6. The predicted octanol–water partition coefficient (Wildman–Crippen LogP) is 4.50. The van der Waals surface area contributed by atoms with Crippen molar-refractivity contribution in [2.45, 2.75) is 26.2 Å². The number of benzene rings is 2. The first-order chi connectivity index (χ1) is 13.9. The van der Waals surface area contributed by atoms with Crippen molar-refractivity contribution in [3.05, 3.63) is 66.1 Å². The Kier molecular flexibility index (Phi) is 4.80. The SMILES string of the molecule is CC(C)(C)c1ccc(NC(=O)c2cc(Nc3ccc4c(c3)OCO4)ncn2)cc1. The van der Waals surface area contributed by atoms with Crippen LogP contribution in [0.15, 0.2) is 54.9 Å². The van der Waals surface area contributed by atoms with Gasteiger partial charge in [-0.05, 0) is 35.2 Å². The van der Waals surface area contributed by atoms with Crippen LogP contribution in [0.25, 0.3) is 0 Å². The van der Waals surface area contributed by atoms with E-state index in [1.54, 1.807) is 6.07 Å².